The summed E-state index contributed by atoms with van der Waals surface area (Å²) >= 11 is 1.09. The third-order valence-corrected chi connectivity index (χ3v) is 8.84. The molecule has 4 aromatic carbocycles. The fourth-order valence-electron chi connectivity index (χ4n) is 5.47. The topological polar surface area (TPSA) is 88.1 Å². The SMILES string of the molecule is CC(C)c1ccccc1N1/C(=N\N=C/c2ccc(-c3ncn(-c4ccc(OC(F)(F)F)cc4)n3)cc2)SCC1(O)c1ccccc1C(F)(F)F. The highest BCUT2D eigenvalue weighted by Gasteiger charge is 2.50. The molecule has 0 amide bonds. The summed E-state index contributed by atoms with van der Waals surface area (Å²) in [6.45, 7) is 3.91. The normalized spacial score (nSPS) is 17.7. The number of ether oxygens (including phenoxy) is 1. The van der Waals surface area contributed by atoms with Crippen LogP contribution in [0.3, 0.4) is 0 Å². The van der Waals surface area contributed by atoms with Crippen LogP contribution in [0, 0.1) is 0 Å². The minimum atomic E-state index is -4.79. The number of alkyl halides is 6. The summed E-state index contributed by atoms with van der Waals surface area (Å²) in [4.78, 5) is 5.72. The second kappa shape index (κ2) is 13.6. The van der Waals surface area contributed by atoms with Gasteiger partial charge in [0.05, 0.1) is 23.2 Å². The maximum atomic E-state index is 14.1. The van der Waals surface area contributed by atoms with Gasteiger partial charge in [0.25, 0.3) is 0 Å². The molecule has 1 unspecified atom stereocenters. The Morgan fingerprint density at radius 2 is 1.58 bits per heavy atom. The summed E-state index contributed by atoms with van der Waals surface area (Å²) in [6.07, 6.45) is -6.59. The van der Waals surface area contributed by atoms with Crippen LogP contribution in [-0.4, -0.2) is 43.4 Å². The summed E-state index contributed by atoms with van der Waals surface area (Å²) < 4.78 is 85.1. The summed E-state index contributed by atoms with van der Waals surface area (Å²) in [5.41, 5.74) is -0.193. The molecule has 0 spiro atoms. The van der Waals surface area contributed by atoms with Crippen molar-refractivity contribution in [1.82, 2.24) is 14.8 Å². The van der Waals surface area contributed by atoms with Crippen molar-refractivity contribution in [3.63, 3.8) is 0 Å². The average Bonchev–Trinajstić information content (AvgIpc) is 3.70. The molecule has 15 heteroatoms. The Morgan fingerprint density at radius 3 is 2.26 bits per heavy atom. The van der Waals surface area contributed by atoms with Crippen molar-refractivity contribution in [2.24, 2.45) is 10.2 Å². The molecule has 1 aromatic heterocycles. The first-order valence-electron chi connectivity index (χ1n) is 15.1. The zero-order valence-corrected chi connectivity index (χ0v) is 27.2. The Kier molecular flexibility index (Phi) is 9.46. The molecule has 2 heterocycles. The first-order chi connectivity index (χ1) is 23.7. The molecule has 1 atom stereocenters. The van der Waals surface area contributed by atoms with Crippen LogP contribution in [-0.2, 0) is 11.9 Å². The fourth-order valence-corrected chi connectivity index (χ4v) is 6.57. The van der Waals surface area contributed by atoms with E-state index in [1.165, 1.54) is 64.6 Å². The van der Waals surface area contributed by atoms with Gasteiger partial charge in [-0.2, -0.15) is 18.3 Å². The Hall–Kier alpha value is -5.15. The Labute approximate surface area is 286 Å². The molecule has 1 aliphatic rings. The summed E-state index contributed by atoms with van der Waals surface area (Å²) in [6, 6.07) is 24.3. The van der Waals surface area contributed by atoms with Gasteiger partial charge in [0.15, 0.2) is 16.7 Å². The number of nitrogens with zero attached hydrogens (tertiary/aromatic N) is 6. The van der Waals surface area contributed by atoms with Crippen molar-refractivity contribution in [1.29, 1.82) is 0 Å². The number of aromatic nitrogens is 3. The zero-order chi connectivity index (χ0) is 35.7. The van der Waals surface area contributed by atoms with Crippen LogP contribution in [0.4, 0.5) is 32.0 Å². The van der Waals surface area contributed by atoms with E-state index in [-0.39, 0.29) is 28.2 Å². The van der Waals surface area contributed by atoms with E-state index in [0.717, 1.165) is 23.4 Å². The predicted molar refractivity (Wildman–Crippen MR) is 179 cm³/mol. The van der Waals surface area contributed by atoms with E-state index in [1.807, 2.05) is 26.0 Å². The highest BCUT2D eigenvalue weighted by molar-refractivity contribution is 8.14. The molecule has 50 heavy (non-hydrogen) atoms. The van der Waals surface area contributed by atoms with Gasteiger partial charge in [0.1, 0.15) is 12.1 Å². The molecular weight excluding hydrogens is 682 g/mol. The van der Waals surface area contributed by atoms with Crippen molar-refractivity contribution in [2.45, 2.75) is 38.0 Å². The van der Waals surface area contributed by atoms with Crippen molar-refractivity contribution < 1.29 is 36.2 Å². The monoisotopic (exact) mass is 710 g/mol. The van der Waals surface area contributed by atoms with Gasteiger partial charge in [-0.05, 0) is 53.4 Å². The lowest BCUT2D eigenvalue weighted by molar-refractivity contribution is -0.274. The third-order valence-electron chi connectivity index (χ3n) is 7.77. The maximum Gasteiger partial charge on any atom is 0.573 e. The standard InChI is InChI=1S/C35H28F6N6O2S/c1-22(2)27-7-3-6-10-30(27)47-32(50-20-33(47,48)28-8-4-5-9-29(28)34(36,37)38)44-43-19-23-11-13-24(14-12-23)31-42-21-46(45-31)25-15-17-26(18-16-25)49-35(39,40)41/h3-19,21-22,48H,20H2,1-2H3/b43-19-,44-32+. The number of hydrogen-bond acceptors (Lipinski definition) is 7. The number of thioether (sulfide) groups is 1. The number of aliphatic hydroxyl groups is 1. The molecule has 1 fully saturated rings. The van der Waals surface area contributed by atoms with E-state index in [2.05, 4.69) is 25.0 Å². The van der Waals surface area contributed by atoms with E-state index >= 15 is 0 Å². The van der Waals surface area contributed by atoms with E-state index in [4.69, 9.17) is 0 Å². The molecule has 1 saturated heterocycles. The Bertz CT molecular complexity index is 2030. The maximum absolute atomic E-state index is 14.1. The number of para-hydroxylation sites is 1. The van der Waals surface area contributed by atoms with Crippen molar-refractivity contribution in [3.8, 4) is 22.8 Å². The number of hydrogen-bond donors (Lipinski definition) is 1. The minimum absolute atomic E-state index is 0.0125. The largest absolute Gasteiger partial charge is 0.573 e. The molecule has 0 bridgehead atoms. The molecule has 1 N–H and O–H groups in total. The first kappa shape index (κ1) is 34.7. The van der Waals surface area contributed by atoms with E-state index < -0.39 is 23.8 Å². The minimum Gasteiger partial charge on any atom is -0.406 e. The molecule has 6 rings (SSSR count). The van der Waals surface area contributed by atoms with Crippen LogP contribution in [0.2, 0.25) is 0 Å². The highest BCUT2D eigenvalue weighted by Crippen LogP contribution is 2.48. The number of halogens is 6. The summed E-state index contributed by atoms with van der Waals surface area (Å²) in [7, 11) is 0. The van der Waals surface area contributed by atoms with Crippen molar-refractivity contribution >= 4 is 28.8 Å². The van der Waals surface area contributed by atoms with Gasteiger partial charge in [0.2, 0.25) is 0 Å². The van der Waals surface area contributed by atoms with Crippen LogP contribution in [0.25, 0.3) is 17.1 Å². The molecule has 0 radical (unpaired) electrons. The summed E-state index contributed by atoms with van der Waals surface area (Å²) in [5, 5.41) is 25.3. The molecule has 0 saturated carbocycles. The molecule has 5 aromatic rings. The molecule has 1 aliphatic heterocycles. The Balaban J connectivity index is 1.25. The highest BCUT2D eigenvalue weighted by atomic mass is 32.2. The quantitative estimate of drug-likeness (QED) is 0.0985. The number of benzene rings is 4. The van der Waals surface area contributed by atoms with Crippen molar-refractivity contribution in [3.05, 3.63) is 126 Å². The number of rotatable bonds is 8. The second-order valence-corrected chi connectivity index (χ2v) is 12.4. The van der Waals surface area contributed by atoms with Gasteiger partial charge in [-0.1, -0.05) is 86.3 Å². The number of amidine groups is 1. The lowest BCUT2D eigenvalue weighted by Crippen LogP contribution is -2.47. The predicted octanol–water partition coefficient (Wildman–Crippen LogP) is 8.76. The first-order valence-corrected chi connectivity index (χ1v) is 16.1. The second-order valence-electron chi connectivity index (χ2n) is 11.5. The van der Waals surface area contributed by atoms with E-state index in [0.29, 0.717) is 28.3 Å². The van der Waals surface area contributed by atoms with Gasteiger partial charge < -0.3 is 9.84 Å². The smallest absolute Gasteiger partial charge is 0.406 e. The summed E-state index contributed by atoms with van der Waals surface area (Å²) in [5.74, 6) is -0.127. The van der Waals surface area contributed by atoms with Crippen LogP contribution in [0.15, 0.2) is 114 Å². The lowest BCUT2D eigenvalue weighted by atomic mass is 9.94. The van der Waals surface area contributed by atoms with Gasteiger partial charge in [0, 0.05) is 16.8 Å². The van der Waals surface area contributed by atoms with Crippen LogP contribution < -0.4 is 9.64 Å². The lowest BCUT2D eigenvalue weighted by Gasteiger charge is -2.37. The van der Waals surface area contributed by atoms with Crippen molar-refractivity contribution in [2.75, 3.05) is 10.7 Å². The van der Waals surface area contributed by atoms with Gasteiger partial charge in [-0.3, -0.25) is 4.90 Å². The average molecular weight is 711 g/mol. The van der Waals surface area contributed by atoms with Gasteiger partial charge in [-0.15, -0.1) is 23.4 Å². The fraction of sp³-hybridized carbons (Fsp3) is 0.200. The van der Waals surface area contributed by atoms with Gasteiger partial charge in [-0.25, -0.2) is 9.67 Å². The molecule has 0 aliphatic carbocycles. The molecule has 8 nitrogen and oxygen atoms in total. The third kappa shape index (κ3) is 7.38. The van der Waals surface area contributed by atoms with Gasteiger partial charge >= 0.3 is 12.5 Å². The zero-order valence-electron chi connectivity index (χ0n) is 26.4. The number of anilines is 1. The van der Waals surface area contributed by atoms with Crippen LogP contribution in [0.5, 0.6) is 5.75 Å². The van der Waals surface area contributed by atoms with E-state index in [1.54, 1.807) is 36.4 Å². The van der Waals surface area contributed by atoms with E-state index in [9.17, 15) is 31.4 Å². The molecule has 258 valence electrons. The molecular formula is C35H28F6N6O2S. The van der Waals surface area contributed by atoms with Crippen LogP contribution >= 0.6 is 11.8 Å². The van der Waals surface area contributed by atoms with Crippen LogP contribution in [0.1, 0.15) is 42.0 Å². The Morgan fingerprint density at radius 1 is 0.900 bits per heavy atom.